The molecule has 0 saturated carbocycles. The first-order chi connectivity index (χ1) is 10.5. The molecule has 0 atom stereocenters. The first kappa shape index (κ1) is 16.0. The number of aromatic nitrogens is 2. The lowest BCUT2D eigenvalue weighted by atomic mass is 10.1. The van der Waals surface area contributed by atoms with Crippen LogP contribution < -0.4 is 10.3 Å². The van der Waals surface area contributed by atoms with E-state index >= 15 is 0 Å². The van der Waals surface area contributed by atoms with Gasteiger partial charge in [0.25, 0.3) is 5.56 Å². The highest BCUT2D eigenvalue weighted by atomic mass is 32.2. The van der Waals surface area contributed by atoms with E-state index < -0.39 is 17.2 Å². The van der Waals surface area contributed by atoms with E-state index in [1.165, 1.54) is 0 Å². The Morgan fingerprint density at radius 1 is 1.45 bits per heavy atom. The molecule has 2 aromatic rings. The first-order valence-electron chi connectivity index (χ1n) is 6.22. The fourth-order valence-electron chi connectivity index (χ4n) is 1.88. The second-order valence-electron chi connectivity index (χ2n) is 4.11. The van der Waals surface area contributed by atoms with Crippen molar-refractivity contribution in [1.29, 1.82) is 5.26 Å². The number of thioether (sulfide) groups is 1. The SMILES string of the molecule is CCOc1c(F)cc(F)cc1-c1nc(SC)[nH]c(=O)c1C#N. The molecule has 1 aromatic heterocycles. The van der Waals surface area contributed by atoms with Gasteiger partial charge in [0.15, 0.2) is 16.7 Å². The lowest BCUT2D eigenvalue weighted by molar-refractivity contribution is 0.321. The molecule has 8 heteroatoms. The number of nitrogens with one attached hydrogen (secondary N) is 1. The van der Waals surface area contributed by atoms with E-state index in [2.05, 4.69) is 9.97 Å². The Kier molecular flexibility index (Phi) is 4.78. The van der Waals surface area contributed by atoms with Crippen LogP contribution in [0.2, 0.25) is 0 Å². The summed E-state index contributed by atoms with van der Waals surface area (Å²) in [5.74, 6) is -2.02. The van der Waals surface area contributed by atoms with Gasteiger partial charge in [-0.15, -0.1) is 0 Å². The number of nitriles is 1. The Labute approximate surface area is 129 Å². The van der Waals surface area contributed by atoms with E-state index in [0.29, 0.717) is 6.07 Å². The molecular weight excluding hydrogens is 312 g/mol. The van der Waals surface area contributed by atoms with Gasteiger partial charge < -0.3 is 9.72 Å². The molecule has 0 unspecified atom stereocenters. The molecule has 1 N–H and O–H groups in total. The molecule has 0 bridgehead atoms. The zero-order valence-electron chi connectivity index (χ0n) is 11.7. The molecule has 0 radical (unpaired) electrons. The third-order valence-electron chi connectivity index (χ3n) is 2.76. The second kappa shape index (κ2) is 6.58. The van der Waals surface area contributed by atoms with Crippen LogP contribution in [0.5, 0.6) is 5.75 Å². The maximum Gasteiger partial charge on any atom is 0.270 e. The monoisotopic (exact) mass is 323 g/mol. The van der Waals surface area contributed by atoms with Gasteiger partial charge in [0.2, 0.25) is 0 Å². The topological polar surface area (TPSA) is 78.8 Å². The Balaban J connectivity index is 2.84. The van der Waals surface area contributed by atoms with Crippen molar-refractivity contribution in [2.75, 3.05) is 12.9 Å². The van der Waals surface area contributed by atoms with Gasteiger partial charge in [-0.2, -0.15) is 5.26 Å². The number of hydrogen-bond donors (Lipinski definition) is 1. The summed E-state index contributed by atoms with van der Waals surface area (Å²) in [5.41, 5.74) is -1.19. The molecular formula is C14H11F2N3O2S. The van der Waals surface area contributed by atoms with E-state index in [1.807, 2.05) is 0 Å². The largest absolute Gasteiger partial charge is 0.490 e. The van der Waals surface area contributed by atoms with Crippen LogP contribution in [0.3, 0.4) is 0 Å². The van der Waals surface area contributed by atoms with Crippen molar-refractivity contribution >= 4 is 11.8 Å². The number of ether oxygens (including phenoxy) is 1. The van der Waals surface area contributed by atoms with E-state index in [0.717, 1.165) is 17.8 Å². The van der Waals surface area contributed by atoms with Crippen LogP contribution in [0.25, 0.3) is 11.3 Å². The van der Waals surface area contributed by atoms with Crippen molar-refractivity contribution in [3.63, 3.8) is 0 Å². The number of aromatic amines is 1. The summed E-state index contributed by atoms with van der Waals surface area (Å²) in [7, 11) is 0. The van der Waals surface area contributed by atoms with Gasteiger partial charge >= 0.3 is 0 Å². The number of nitrogens with zero attached hydrogens (tertiary/aromatic N) is 2. The van der Waals surface area contributed by atoms with Gasteiger partial charge in [0.05, 0.1) is 6.61 Å². The van der Waals surface area contributed by atoms with Crippen LogP contribution in [-0.2, 0) is 0 Å². The van der Waals surface area contributed by atoms with Crippen molar-refractivity contribution in [2.45, 2.75) is 12.1 Å². The molecule has 1 aromatic carbocycles. The third-order valence-corrected chi connectivity index (χ3v) is 3.34. The highest BCUT2D eigenvalue weighted by Gasteiger charge is 2.21. The minimum Gasteiger partial charge on any atom is -0.490 e. The summed E-state index contributed by atoms with van der Waals surface area (Å²) in [6.45, 7) is 1.77. The Bertz CT molecular complexity index is 815. The summed E-state index contributed by atoms with van der Waals surface area (Å²) >= 11 is 1.13. The average molecular weight is 323 g/mol. The van der Waals surface area contributed by atoms with Gasteiger partial charge in [0.1, 0.15) is 23.1 Å². The maximum absolute atomic E-state index is 13.9. The quantitative estimate of drug-likeness (QED) is 0.691. The van der Waals surface area contributed by atoms with Crippen LogP contribution in [0.15, 0.2) is 22.1 Å². The van der Waals surface area contributed by atoms with Gasteiger partial charge in [-0.05, 0) is 19.2 Å². The molecule has 0 aliphatic rings. The molecule has 0 aliphatic carbocycles. The first-order valence-corrected chi connectivity index (χ1v) is 7.44. The van der Waals surface area contributed by atoms with E-state index in [-0.39, 0.29) is 34.3 Å². The fourth-order valence-corrected chi connectivity index (χ4v) is 2.25. The van der Waals surface area contributed by atoms with Crippen molar-refractivity contribution in [2.24, 2.45) is 0 Å². The zero-order valence-corrected chi connectivity index (χ0v) is 12.6. The highest BCUT2D eigenvalue weighted by Crippen LogP contribution is 2.34. The van der Waals surface area contributed by atoms with Crippen LogP contribution >= 0.6 is 11.8 Å². The molecule has 0 saturated heterocycles. The maximum atomic E-state index is 13.9. The number of halogens is 2. The van der Waals surface area contributed by atoms with Crippen LogP contribution in [0.1, 0.15) is 12.5 Å². The molecule has 22 heavy (non-hydrogen) atoms. The number of hydrogen-bond acceptors (Lipinski definition) is 5. The minimum absolute atomic E-state index is 0.0719. The lowest BCUT2D eigenvalue weighted by Crippen LogP contribution is -2.15. The van der Waals surface area contributed by atoms with Gasteiger partial charge in [-0.25, -0.2) is 13.8 Å². The Morgan fingerprint density at radius 2 is 2.18 bits per heavy atom. The molecule has 0 aliphatic heterocycles. The van der Waals surface area contributed by atoms with Crippen LogP contribution in [0.4, 0.5) is 8.78 Å². The van der Waals surface area contributed by atoms with Gasteiger partial charge in [0, 0.05) is 11.6 Å². The van der Waals surface area contributed by atoms with Crippen LogP contribution in [0, 0.1) is 23.0 Å². The summed E-state index contributed by atoms with van der Waals surface area (Å²) in [6, 6.07) is 3.36. The van der Waals surface area contributed by atoms with Crippen molar-refractivity contribution in [1.82, 2.24) is 9.97 Å². The molecule has 5 nitrogen and oxygen atoms in total. The molecule has 114 valence electrons. The van der Waals surface area contributed by atoms with Crippen LogP contribution in [-0.4, -0.2) is 22.8 Å². The zero-order chi connectivity index (χ0) is 16.3. The number of H-pyrrole nitrogens is 1. The molecule has 0 amide bonds. The molecule has 1 heterocycles. The third kappa shape index (κ3) is 2.94. The van der Waals surface area contributed by atoms with Crippen molar-refractivity contribution in [3.8, 4) is 23.1 Å². The summed E-state index contributed by atoms with van der Waals surface area (Å²) in [5, 5.41) is 9.37. The predicted octanol–water partition coefficient (Wildman–Crippen LogP) is 2.71. The summed E-state index contributed by atoms with van der Waals surface area (Å²) in [6.07, 6.45) is 1.67. The summed E-state index contributed by atoms with van der Waals surface area (Å²) in [4.78, 5) is 18.4. The average Bonchev–Trinajstić information content (AvgIpc) is 2.48. The molecule has 2 rings (SSSR count). The smallest absolute Gasteiger partial charge is 0.270 e. The lowest BCUT2D eigenvalue weighted by Gasteiger charge is -2.12. The minimum atomic E-state index is -0.923. The summed E-state index contributed by atoms with van der Waals surface area (Å²) < 4.78 is 32.7. The highest BCUT2D eigenvalue weighted by molar-refractivity contribution is 7.98. The van der Waals surface area contributed by atoms with Gasteiger partial charge in [-0.3, -0.25) is 4.79 Å². The molecule has 0 spiro atoms. The predicted molar refractivity (Wildman–Crippen MR) is 77.9 cm³/mol. The van der Waals surface area contributed by atoms with Crippen molar-refractivity contribution in [3.05, 3.63) is 39.7 Å². The normalized spacial score (nSPS) is 10.3. The molecule has 0 fully saturated rings. The second-order valence-corrected chi connectivity index (χ2v) is 4.90. The van der Waals surface area contributed by atoms with E-state index in [1.54, 1.807) is 19.2 Å². The van der Waals surface area contributed by atoms with E-state index in [9.17, 15) is 13.6 Å². The Hall–Kier alpha value is -2.40. The standard InChI is InChI=1S/C14H11F2N3O2S/c1-3-21-12-8(4-7(15)5-10(12)16)11-9(6-17)13(20)19-14(18-11)22-2/h4-5H,3H2,1-2H3,(H,18,19,20). The van der Waals surface area contributed by atoms with Crippen molar-refractivity contribution < 1.29 is 13.5 Å². The number of rotatable bonds is 4. The fraction of sp³-hybridized carbons (Fsp3) is 0.214. The number of benzene rings is 1. The Morgan fingerprint density at radius 3 is 2.77 bits per heavy atom. The van der Waals surface area contributed by atoms with Gasteiger partial charge in [-0.1, -0.05) is 11.8 Å². The van der Waals surface area contributed by atoms with E-state index in [4.69, 9.17) is 10.00 Å².